The number of hydrogen-bond acceptors (Lipinski definition) is 5. The maximum absolute atomic E-state index is 13.3. The molecule has 0 saturated carbocycles. The van der Waals surface area contributed by atoms with E-state index in [4.69, 9.17) is 4.74 Å². The number of ether oxygens (including phenoxy) is 1. The van der Waals surface area contributed by atoms with Crippen molar-refractivity contribution < 1.29 is 24.5 Å². The van der Waals surface area contributed by atoms with Gasteiger partial charge in [0.1, 0.15) is 6.10 Å². The molecule has 0 aliphatic carbocycles. The van der Waals surface area contributed by atoms with Gasteiger partial charge in [0.2, 0.25) is 5.91 Å². The number of rotatable bonds is 54. The fourth-order valence-corrected chi connectivity index (χ4v) is 9.37. The smallest absolute Gasteiger partial charge is 0.306 e. The number of unbranched alkanes of at least 4 members (excludes halogenated alkanes) is 40. The van der Waals surface area contributed by atoms with Gasteiger partial charge in [-0.2, -0.15) is 0 Å². The molecule has 1 amide bonds. The summed E-state index contributed by atoms with van der Waals surface area (Å²) in [4.78, 5) is 26.3. The molecule has 6 heteroatoms. The third-order valence-electron chi connectivity index (χ3n) is 13.8. The number of carbonyl (C=O) groups excluding carboxylic acids is 2. The number of esters is 1. The molecule has 386 valence electrons. The van der Waals surface area contributed by atoms with Crippen LogP contribution in [0.3, 0.4) is 0 Å². The lowest BCUT2D eigenvalue weighted by molar-refractivity contribution is -0.151. The highest BCUT2D eigenvalue weighted by Gasteiger charge is 2.24. The molecular weight excluding hydrogens is 803 g/mol. The van der Waals surface area contributed by atoms with Crippen molar-refractivity contribution in [3.8, 4) is 0 Å². The zero-order valence-electron chi connectivity index (χ0n) is 44.2. The Balaban J connectivity index is 4.49. The van der Waals surface area contributed by atoms with Gasteiger partial charge in [0.05, 0.1) is 25.2 Å². The van der Waals surface area contributed by atoms with E-state index < -0.39 is 18.2 Å². The summed E-state index contributed by atoms with van der Waals surface area (Å²) in [5.41, 5.74) is 0. The molecule has 0 spiro atoms. The molecule has 0 bridgehead atoms. The normalized spacial score (nSPS) is 13.1. The van der Waals surface area contributed by atoms with E-state index in [-0.39, 0.29) is 24.9 Å². The minimum Gasteiger partial charge on any atom is -0.462 e. The molecule has 3 unspecified atom stereocenters. The van der Waals surface area contributed by atoms with Gasteiger partial charge in [-0.15, -0.1) is 0 Å². The second kappa shape index (κ2) is 53.6. The second-order valence-electron chi connectivity index (χ2n) is 20.4. The van der Waals surface area contributed by atoms with Crippen LogP contribution in [0.5, 0.6) is 0 Å². The molecule has 0 heterocycles. The number of nitrogens with one attached hydrogen (secondary N) is 1. The molecule has 3 atom stereocenters. The number of aliphatic hydroxyl groups is 2. The van der Waals surface area contributed by atoms with Crippen LogP contribution in [-0.2, 0) is 14.3 Å². The van der Waals surface area contributed by atoms with Gasteiger partial charge in [0.25, 0.3) is 0 Å². The second-order valence-corrected chi connectivity index (χ2v) is 20.4. The van der Waals surface area contributed by atoms with E-state index in [1.807, 2.05) is 0 Å². The van der Waals surface area contributed by atoms with Gasteiger partial charge < -0.3 is 20.3 Å². The van der Waals surface area contributed by atoms with Crippen LogP contribution >= 0.6 is 0 Å². The van der Waals surface area contributed by atoms with Crippen molar-refractivity contribution in [1.29, 1.82) is 0 Å². The molecule has 65 heavy (non-hydrogen) atoms. The number of amides is 1. The number of carbonyl (C=O) groups is 2. The van der Waals surface area contributed by atoms with Crippen LogP contribution in [0.25, 0.3) is 0 Å². The Bertz CT molecular complexity index is 986. The van der Waals surface area contributed by atoms with E-state index in [0.29, 0.717) is 19.3 Å². The highest BCUT2D eigenvalue weighted by Crippen LogP contribution is 2.19. The number of hydrogen-bond donors (Lipinski definition) is 3. The summed E-state index contributed by atoms with van der Waals surface area (Å²) in [6.45, 7) is 6.52. The lowest BCUT2D eigenvalue weighted by Gasteiger charge is -2.24. The lowest BCUT2D eigenvalue weighted by atomic mass is 10.0. The maximum atomic E-state index is 13.3. The SMILES string of the molecule is CCCCCC/C=C\CCCCCCCCCC(=O)OC(CCCCCCCCCCCCCCCCC)CC(=O)NC(CO)C(O)CCCCCCCCCCCCCCCCCC. The Hall–Kier alpha value is -1.40. The van der Waals surface area contributed by atoms with Crippen LogP contribution in [0.4, 0.5) is 0 Å². The topological polar surface area (TPSA) is 95.9 Å². The monoisotopic (exact) mass is 918 g/mol. The molecule has 0 aromatic heterocycles. The zero-order chi connectivity index (χ0) is 47.4. The Labute approximate surface area is 406 Å². The predicted molar refractivity (Wildman–Crippen MR) is 283 cm³/mol. The van der Waals surface area contributed by atoms with Gasteiger partial charge in [-0.05, 0) is 51.4 Å². The van der Waals surface area contributed by atoms with Crippen LogP contribution in [0.1, 0.15) is 329 Å². The molecule has 3 N–H and O–H groups in total. The summed E-state index contributed by atoms with van der Waals surface area (Å²) < 4.78 is 5.97. The quantitative estimate of drug-likeness (QED) is 0.0321. The van der Waals surface area contributed by atoms with Crippen LogP contribution < -0.4 is 5.32 Å². The maximum Gasteiger partial charge on any atom is 0.306 e. The Morgan fingerprint density at radius 3 is 1.11 bits per heavy atom. The van der Waals surface area contributed by atoms with Gasteiger partial charge in [0.15, 0.2) is 0 Å². The van der Waals surface area contributed by atoms with E-state index in [0.717, 1.165) is 44.9 Å². The molecule has 0 radical (unpaired) electrons. The molecule has 6 nitrogen and oxygen atoms in total. The van der Waals surface area contributed by atoms with E-state index in [1.54, 1.807) is 0 Å². The fraction of sp³-hybridized carbons (Fsp3) is 0.932. The van der Waals surface area contributed by atoms with E-state index >= 15 is 0 Å². The van der Waals surface area contributed by atoms with Gasteiger partial charge in [-0.1, -0.05) is 277 Å². The van der Waals surface area contributed by atoms with Gasteiger partial charge in [-0.3, -0.25) is 9.59 Å². The van der Waals surface area contributed by atoms with Crippen LogP contribution in [0, 0.1) is 0 Å². The van der Waals surface area contributed by atoms with Crippen molar-refractivity contribution in [2.75, 3.05) is 6.61 Å². The van der Waals surface area contributed by atoms with Crippen LogP contribution in [-0.4, -0.2) is 46.9 Å². The first-order valence-corrected chi connectivity index (χ1v) is 29.4. The van der Waals surface area contributed by atoms with Gasteiger partial charge >= 0.3 is 5.97 Å². The molecule has 0 saturated heterocycles. The highest BCUT2D eigenvalue weighted by molar-refractivity contribution is 5.77. The largest absolute Gasteiger partial charge is 0.462 e. The van der Waals surface area contributed by atoms with E-state index in [1.165, 1.54) is 238 Å². The number of allylic oxidation sites excluding steroid dienone is 2. The summed E-state index contributed by atoms with van der Waals surface area (Å²) in [6, 6.07) is -0.697. The Kier molecular flexibility index (Phi) is 52.4. The molecule has 0 aliphatic heterocycles. The summed E-state index contributed by atoms with van der Waals surface area (Å²) in [5, 5.41) is 23.9. The van der Waals surface area contributed by atoms with Crippen molar-refractivity contribution in [3.05, 3.63) is 12.2 Å². The predicted octanol–water partition coefficient (Wildman–Crippen LogP) is 18.1. The molecule has 0 rings (SSSR count). The average Bonchev–Trinajstić information content (AvgIpc) is 3.30. The van der Waals surface area contributed by atoms with Crippen LogP contribution in [0.2, 0.25) is 0 Å². The third-order valence-corrected chi connectivity index (χ3v) is 13.8. The summed E-state index contributed by atoms with van der Waals surface area (Å²) >= 11 is 0. The minimum atomic E-state index is -0.783. The molecule has 0 aromatic rings. The van der Waals surface area contributed by atoms with Crippen molar-refractivity contribution in [3.63, 3.8) is 0 Å². The van der Waals surface area contributed by atoms with Crippen LogP contribution in [0.15, 0.2) is 12.2 Å². The van der Waals surface area contributed by atoms with E-state index in [2.05, 4.69) is 38.2 Å². The number of aliphatic hydroxyl groups excluding tert-OH is 2. The highest BCUT2D eigenvalue weighted by atomic mass is 16.5. The van der Waals surface area contributed by atoms with Gasteiger partial charge in [0, 0.05) is 6.42 Å². The van der Waals surface area contributed by atoms with E-state index in [9.17, 15) is 19.8 Å². The Morgan fingerprint density at radius 1 is 0.431 bits per heavy atom. The molecule has 0 aliphatic rings. The average molecular weight is 919 g/mol. The first-order chi connectivity index (χ1) is 32.0. The first kappa shape index (κ1) is 63.6. The summed E-state index contributed by atoms with van der Waals surface area (Å²) in [5.74, 6) is -0.455. The van der Waals surface area contributed by atoms with Crippen molar-refractivity contribution in [2.24, 2.45) is 0 Å². The van der Waals surface area contributed by atoms with Crippen molar-refractivity contribution in [1.82, 2.24) is 5.32 Å². The standard InChI is InChI=1S/C59H115NO5/c1-4-7-10-13-16-19-22-25-28-31-33-36-39-42-45-48-51-57(62)56(54-61)60-58(63)53-55(50-47-44-41-38-35-32-29-26-23-20-17-14-11-8-5-2)65-59(64)52-49-46-43-40-37-34-30-27-24-21-18-15-12-9-6-3/h21,24,55-57,61-62H,4-20,22-23,25-54H2,1-3H3,(H,60,63)/b24-21-. The summed E-state index contributed by atoms with van der Waals surface area (Å²) in [7, 11) is 0. The van der Waals surface area contributed by atoms with Gasteiger partial charge in [-0.25, -0.2) is 0 Å². The third kappa shape index (κ3) is 48.9. The zero-order valence-corrected chi connectivity index (χ0v) is 44.2. The molecule has 0 aromatic carbocycles. The first-order valence-electron chi connectivity index (χ1n) is 29.4. The minimum absolute atomic E-state index is 0.0840. The van der Waals surface area contributed by atoms with Crippen molar-refractivity contribution >= 4 is 11.9 Å². The molecule has 0 fully saturated rings. The Morgan fingerprint density at radius 2 is 0.738 bits per heavy atom. The fourth-order valence-electron chi connectivity index (χ4n) is 9.37. The summed E-state index contributed by atoms with van der Waals surface area (Å²) in [6.07, 6.45) is 61.3. The van der Waals surface area contributed by atoms with Crippen molar-refractivity contribution in [2.45, 2.75) is 347 Å². The molecular formula is C59H115NO5. The lowest BCUT2D eigenvalue weighted by Crippen LogP contribution is -2.46.